The molecular formula is C18H20N2O6. The molecule has 0 radical (unpaired) electrons. The maximum absolute atomic E-state index is 12.7. The second-order valence-electron chi connectivity index (χ2n) is 5.44. The number of non-ortho nitro benzene ring substituents is 1. The molecule has 0 saturated carbocycles. The maximum atomic E-state index is 12.7. The van der Waals surface area contributed by atoms with E-state index in [4.69, 9.17) is 14.2 Å². The fourth-order valence-corrected chi connectivity index (χ4v) is 2.52. The fourth-order valence-electron chi connectivity index (χ4n) is 2.52. The molecule has 8 nitrogen and oxygen atoms in total. The number of amides is 1. The summed E-state index contributed by atoms with van der Waals surface area (Å²) >= 11 is 0. The lowest BCUT2D eigenvalue weighted by Gasteiger charge is -2.19. The van der Waals surface area contributed by atoms with Crippen LogP contribution in [0.15, 0.2) is 36.4 Å². The lowest BCUT2D eigenvalue weighted by molar-refractivity contribution is -0.384. The van der Waals surface area contributed by atoms with Crippen molar-refractivity contribution in [3.05, 3.63) is 57.6 Å². The molecule has 8 heteroatoms. The number of carbonyl (C=O) groups is 1. The predicted octanol–water partition coefficient (Wildman–Crippen LogP) is 3.11. The molecule has 0 aliphatic carbocycles. The van der Waals surface area contributed by atoms with Gasteiger partial charge < -0.3 is 19.5 Å². The minimum absolute atomic E-state index is 0.0791. The van der Waals surface area contributed by atoms with Crippen LogP contribution in [0.4, 0.5) is 5.69 Å². The average Bonchev–Trinajstić information content (AvgIpc) is 2.66. The average molecular weight is 360 g/mol. The van der Waals surface area contributed by atoms with Crippen LogP contribution in [0.5, 0.6) is 17.2 Å². The molecule has 0 heterocycles. The molecule has 2 aromatic rings. The molecule has 26 heavy (non-hydrogen) atoms. The lowest BCUT2D eigenvalue weighted by atomic mass is 10.1. The number of nitro groups is 1. The number of carbonyl (C=O) groups excluding carboxylic acids is 1. The summed E-state index contributed by atoms with van der Waals surface area (Å²) in [6.07, 6.45) is 0. The van der Waals surface area contributed by atoms with Gasteiger partial charge in [0.2, 0.25) is 0 Å². The van der Waals surface area contributed by atoms with E-state index in [1.807, 2.05) is 0 Å². The third-order valence-corrected chi connectivity index (χ3v) is 3.89. The third-order valence-electron chi connectivity index (χ3n) is 3.89. The zero-order valence-corrected chi connectivity index (χ0v) is 14.9. The van der Waals surface area contributed by atoms with Crippen LogP contribution in [0.3, 0.4) is 0 Å². The Hall–Kier alpha value is -3.29. The van der Waals surface area contributed by atoms with Crippen LogP contribution in [0, 0.1) is 10.1 Å². The van der Waals surface area contributed by atoms with E-state index in [2.05, 4.69) is 5.32 Å². The number of ether oxygens (including phenoxy) is 3. The highest BCUT2D eigenvalue weighted by Gasteiger charge is 2.21. The van der Waals surface area contributed by atoms with Crippen molar-refractivity contribution in [1.29, 1.82) is 0 Å². The highest BCUT2D eigenvalue weighted by atomic mass is 16.6. The van der Waals surface area contributed by atoms with Gasteiger partial charge in [0.15, 0.2) is 0 Å². The normalized spacial score (nSPS) is 11.4. The Labute approximate surface area is 150 Å². The SMILES string of the molecule is COc1ccc(OC)c(C(C)NC(=O)c2cc([N+](=O)[O-])ccc2OC)c1. The number of nitrogens with one attached hydrogen (secondary N) is 1. The van der Waals surface area contributed by atoms with E-state index in [0.717, 1.165) is 0 Å². The topological polar surface area (TPSA) is 99.9 Å². The first-order valence-electron chi connectivity index (χ1n) is 7.76. The smallest absolute Gasteiger partial charge is 0.270 e. The summed E-state index contributed by atoms with van der Waals surface area (Å²) in [5.41, 5.74) is 0.600. The van der Waals surface area contributed by atoms with Crippen molar-refractivity contribution in [3.63, 3.8) is 0 Å². The van der Waals surface area contributed by atoms with Crippen molar-refractivity contribution in [2.75, 3.05) is 21.3 Å². The van der Waals surface area contributed by atoms with Gasteiger partial charge in [0.25, 0.3) is 11.6 Å². The first kappa shape index (κ1) is 19.0. The van der Waals surface area contributed by atoms with E-state index in [1.54, 1.807) is 32.2 Å². The van der Waals surface area contributed by atoms with Crippen LogP contribution in [0.25, 0.3) is 0 Å². The minimum Gasteiger partial charge on any atom is -0.497 e. The number of rotatable bonds is 7. The molecule has 1 unspecified atom stereocenters. The minimum atomic E-state index is -0.565. The first-order valence-corrected chi connectivity index (χ1v) is 7.76. The molecule has 0 aliphatic rings. The summed E-state index contributed by atoms with van der Waals surface area (Å²) in [5, 5.41) is 13.8. The molecular weight excluding hydrogens is 340 g/mol. The van der Waals surface area contributed by atoms with Crippen LogP contribution in [0.1, 0.15) is 28.9 Å². The second kappa shape index (κ2) is 8.19. The van der Waals surface area contributed by atoms with Crippen LogP contribution in [0.2, 0.25) is 0 Å². The Bertz CT molecular complexity index is 821. The number of hydrogen-bond acceptors (Lipinski definition) is 6. The van der Waals surface area contributed by atoms with Crippen molar-refractivity contribution in [2.24, 2.45) is 0 Å². The molecule has 0 aromatic heterocycles. The Morgan fingerprint density at radius 2 is 1.69 bits per heavy atom. The summed E-state index contributed by atoms with van der Waals surface area (Å²) in [4.78, 5) is 23.1. The van der Waals surface area contributed by atoms with Crippen LogP contribution in [-0.2, 0) is 0 Å². The lowest BCUT2D eigenvalue weighted by Crippen LogP contribution is -2.27. The van der Waals surface area contributed by atoms with E-state index >= 15 is 0 Å². The van der Waals surface area contributed by atoms with Gasteiger partial charge in [-0.25, -0.2) is 0 Å². The monoisotopic (exact) mass is 360 g/mol. The zero-order chi connectivity index (χ0) is 19.3. The fraction of sp³-hybridized carbons (Fsp3) is 0.278. The molecule has 0 saturated heterocycles. The van der Waals surface area contributed by atoms with E-state index in [0.29, 0.717) is 17.1 Å². The van der Waals surface area contributed by atoms with Crippen LogP contribution < -0.4 is 19.5 Å². The summed E-state index contributed by atoms with van der Waals surface area (Å²) in [6.45, 7) is 1.78. The Morgan fingerprint density at radius 3 is 2.27 bits per heavy atom. The van der Waals surface area contributed by atoms with Crippen molar-refractivity contribution in [3.8, 4) is 17.2 Å². The van der Waals surface area contributed by atoms with Crippen molar-refractivity contribution in [2.45, 2.75) is 13.0 Å². The maximum Gasteiger partial charge on any atom is 0.270 e. The van der Waals surface area contributed by atoms with Crippen molar-refractivity contribution >= 4 is 11.6 Å². The highest BCUT2D eigenvalue weighted by Crippen LogP contribution is 2.30. The van der Waals surface area contributed by atoms with Gasteiger partial charge in [0, 0.05) is 17.7 Å². The van der Waals surface area contributed by atoms with E-state index < -0.39 is 16.9 Å². The van der Waals surface area contributed by atoms with Gasteiger partial charge in [0.1, 0.15) is 17.2 Å². The standard InChI is InChI=1S/C18H20N2O6/c1-11(14-10-13(24-2)6-8-16(14)25-3)19-18(21)15-9-12(20(22)23)5-7-17(15)26-4/h5-11H,1-4H3,(H,19,21). The van der Waals surface area contributed by atoms with Gasteiger partial charge in [-0.2, -0.15) is 0 Å². The van der Waals surface area contributed by atoms with Gasteiger partial charge >= 0.3 is 0 Å². The van der Waals surface area contributed by atoms with Gasteiger partial charge in [-0.15, -0.1) is 0 Å². The van der Waals surface area contributed by atoms with Gasteiger partial charge in [-0.3, -0.25) is 14.9 Å². The molecule has 0 aliphatic heterocycles. The molecule has 0 fully saturated rings. The Balaban J connectivity index is 2.32. The van der Waals surface area contributed by atoms with E-state index in [-0.39, 0.29) is 17.0 Å². The number of methoxy groups -OCH3 is 3. The quantitative estimate of drug-likeness (QED) is 0.601. The summed E-state index contributed by atoms with van der Waals surface area (Å²) < 4.78 is 15.7. The molecule has 0 spiro atoms. The largest absolute Gasteiger partial charge is 0.497 e. The Kier molecular flexibility index (Phi) is 6.00. The van der Waals surface area contributed by atoms with Crippen LogP contribution in [-0.4, -0.2) is 32.2 Å². The number of benzene rings is 2. The van der Waals surface area contributed by atoms with Crippen molar-refractivity contribution in [1.82, 2.24) is 5.32 Å². The molecule has 1 N–H and O–H groups in total. The van der Waals surface area contributed by atoms with E-state index in [1.165, 1.54) is 32.4 Å². The molecule has 2 aromatic carbocycles. The second-order valence-corrected chi connectivity index (χ2v) is 5.44. The van der Waals surface area contributed by atoms with Gasteiger partial charge in [0.05, 0.1) is 37.9 Å². The summed E-state index contributed by atoms with van der Waals surface area (Å²) in [6, 6.07) is 8.67. The Morgan fingerprint density at radius 1 is 1.04 bits per heavy atom. The molecule has 1 amide bonds. The summed E-state index contributed by atoms with van der Waals surface area (Å²) in [7, 11) is 4.47. The molecule has 1 atom stereocenters. The van der Waals surface area contributed by atoms with Gasteiger partial charge in [-0.1, -0.05) is 0 Å². The predicted molar refractivity (Wildman–Crippen MR) is 95.1 cm³/mol. The van der Waals surface area contributed by atoms with Gasteiger partial charge in [-0.05, 0) is 31.2 Å². The summed E-state index contributed by atoms with van der Waals surface area (Å²) in [5.74, 6) is 0.959. The molecule has 0 bridgehead atoms. The van der Waals surface area contributed by atoms with Crippen LogP contribution >= 0.6 is 0 Å². The van der Waals surface area contributed by atoms with Crippen molar-refractivity contribution < 1.29 is 23.9 Å². The number of hydrogen-bond donors (Lipinski definition) is 1. The molecule has 138 valence electrons. The van der Waals surface area contributed by atoms with E-state index in [9.17, 15) is 14.9 Å². The highest BCUT2D eigenvalue weighted by molar-refractivity contribution is 5.97. The molecule has 2 rings (SSSR count). The number of nitro benzene ring substituents is 1. The first-order chi connectivity index (χ1) is 12.4. The third kappa shape index (κ3) is 4.02. The zero-order valence-electron chi connectivity index (χ0n) is 14.9. The number of nitrogens with zero attached hydrogens (tertiary/aromatic N) is 1.